The molecular formula is C21H41N5O6. The first-order valence-electron chi connectivity index (χ1n) is 11.4. The zero-order chi connectivity index (χ0) is 24.5. The molecule has 0 aromatic rings. The molecular weight excluding hydrogens is 418 g/mol. The van der Waals surface area contributed by atoms with E-state index >= 15 is 0 Å². The molecule has 0 aromatic carbocycles. The van der Waals surface area contributed by atoms with Gasteiger partial charge in [0.15, 0.2) is 0 Å². The number of unbranched alkanes of at least 4 members (excludes halogenated alkanes) is 4. The van der Waals surface area contributed by atoms with Crippen LogP contribution in [0.25, 0.3) is 0 Å². The maximum atomic E-state index is 12.7. The van der Waals surface area contributed by atoms with Crippen molar-refractivity contribution in [2.45, 2.75) is 95.9 Å². The topological polar surface area (TPSA) is 197 Å². The maximum absolute atomic E-state index is 12.7. The Morgan fingerprint density at radius 3 is 2.00 bits per heavy atom. The Hall–Kier alpha value is -2.24. The van der Waals surface area contributed by atoms with Gasteiger partial charge in [-0.2, -0.15) is 0 Å². The van der Waals surface area contributed by atoms with Crippen molar-refractivity contribution in [3.05, 3.63) is 0 Å². The monoisotopic (exact) mass is 459 g/mol. The molecule has 0 saturated carbocycles. The van der Waals surface area contributed by atoms with E-state index in [4.69, 9.17) is 11.5 Å². The number of carbonyl (C=O) groups is 4. The summed E-state index contributed by atoms with van der Waals surface area (Å²) in [5, 5.41) is 26.6. The fraction of sp³-hybridized carbons (Fsp3) is 0.810. The van der Waals surface area contributed by atoms with E-state index in [9.17, 15) is 29.4 Å². The number of rotatable bonds is 18. The van der Waals surface area contributed by atoms with Gasteiger partial charge in [-0.25, -0.2) is 4.79 Å². The van der Waals surface area contributed by atoms with E-state index in [2.05, 4.69) is 22.9 Å². The van der Waals surface area contributed by atoms with Gasteiger partial charge in [-0.3, -0.25) is 14.4 Å². The molecule has 0 aromatic heterocycles. The standard InChI is InChI=1S/C21H41N5O6/c1-3-4-5-6-7-10-17(28)24-15(11-13-23)19(29)26-18(14(2)27)20(30)25-16(21(31)32)9-8-12-22/h14-16,18,27H,3-13,22-23H2,1-2H3,(H,24,28)(H,25,30)(H,26,29)(H,31,32)/t14-,15+,16-,18+/m1/s1. The molecule has 0 aliphatic rings. The van der Waals surface area contributed by atoms with Crippen molar-refractivity contribution in [3.8, 4) is 0 Å². The Morgan fingerprint density at radius 2 is 1.47 bits per heavy atom. The van der Waals surface area contributed by atoms with Crippen molar-refractivity contribution in [2.75, 3.05) is 13.1 Å². The van der Waals surface area contributed by atoms with Crippen molar-refractivity contribution < 1.29 is 29.4 Å². The quantitative estimate of drug-likeness (QED) is 0.131. The summed E-state index contributed by atoms with van der Waals surface area (Å²) in [7, 11) is 0. The van der Waals surface area contributed by atoms with E-state index in [0.29, 0.717) is 12.8 Å². The minimum atomic E-state index is -1.39. The molecule has 0 fully saturated rings. The Bertz CT molecular complexity index is 587. The minimum Gasteiger partial charge on any atom is -0.480 e. The molecule has 0 saturated heterocycles. The fourth-order valence-electron chi connectivity index (χ4n) is 3.09. The van der Waals surface area contributed by atoms with Gasteiger partial charge in [0, 0.05) is 6.42 Å². The van der Waals surface area contributed by atoms with E-state index < -0.39 is 42.0 Å². The smallest absolute Gasteiger partial charge is 0.326 e. The van der Waals surface area contributed by atoms with Gasteiger partial charge in [-0.1, -0.05) is 32.6 Å². The number of aliphatic hydroxyl groups excluding tert-OH is 1. The van der Waals surface area contributed by atoms with Crippen LogP contribution in [0.15, 0.2) is 0 Å². The van der Waals surface area contributed by atoms with Crippen LogP contribution in [0.2, 0.25) is 0 Å². The summed E-state index contributed by atoms with van der Waals surface area (Å²) in [5.74, 6) is -3.05. The maximum Gasteiger partial charge on any atom is 0.326 e. The van der Waals surface area contributed by atoms with Crippen LogP contribution in [0.5, 0.6) is 0 Å². The highest BCUT2D eigenvalue weighted by Gasteiger charge is 2.31. The number of hydrogen-bond donors (Lipinski definition) is 7. The van der Waals surface area contributed by atoms with Gasteiger partial charge < -0.3 is 37.6 Å². The number of nitrogens with two attached hydrogens (primary N) is 2. The lowest BCUT2D eigenvalue weighted by molar-refractivity contribution is -0.143. The predicted molar refractivity (Wildman–Crippen MR) is 120 cm³/mol. The van der Waals surface area contributed by atoms with Gasteiger partial charge in [0.2, 0.25) is 17.7 Å². The van der Waals surface area contributed by atoms with Gasteiger partial charge >= 0.3 is 5.97 Å². The van der Waals surface area contributed by atoms with Crippen LogP contribution >= 0.6 is 0 Å². The molecule has 32 heavy (non-hydrogen) atoms. The van der Waals surface area contributed by atoms with Crippen molar-refractivity contribution in [1.82, 2.24) is 16.0 Å². The summed E-state index contributed by atoms with van der Waals surface area (Å²) in [6.07, 6.45) is 4.51. The molecule has 0 rings (SSSR count). The molecule has 186 valence electrons. The summed E-state index contributed by atoms with van der Waals surface area (Å²) >= 11 is 0. The molecule has 0 radical (unpaired) electrons. The number of hydrogen-bond acceptors (Lipinski definition) is 7. The molecule has 11 nitrogen and oxygen atoms in total. The van der Waals surface area contributed by atoms with Crippen LogP contribution in [-0.2, 0) is 19.2 Å². The second kappa shape index (κ2) is 17.3. The van der Waals surface area contributed by atoms with Crippen LogP contribution in [0, 0.1) is 0 Å². The van der Waals surface area contributed by atoms with Crippen LogP contribution < -0.4 is 27.4 Å². The number of carboxylic acid groups (broad SMARTS) is 1. The molecule has 0 aliphatic carbocycles. The van der Waals surface area contributed by atoms with Crippen LogP contribution in [-0.4, -0.2) is 71.2 Å². The predicted octanol–water partition coefficient (Wildman–Crippen LogP) is -0.646. The summed E-state index contributed by atoms with van der Waals surface area (Å²) in [5.41, 5.74) is 10.9. The Morgan fingerprint density at radius 1 is 0.812 bits per heavy atom. The second-order valence-electron chi connectivity index (χ2n) is 7.92. The van der Waals surface area contributed by atoms with Gasteiger partial charge in [0.05, 0.1) is 6.10 Å². The molecule has 11 heteroatoms. The van der Waals surface area contributed by atoms with E-state index in [0.717, 1.165) is 25.7 Å². The summed E-state index contributed by atoms with van der Waals surface area (Å²) in [6.45, 7) is 3.79. The van der Waals surface area contributed by atoms with Crippen molar-refractivity contribution in [1.29, 1.82) is 0 Å². The number of aliphatic hydroxyl groups is 1. The third kappa shape index (κ3) is 12.6. The Kier molecular flexibility index (Phi) is 16.1. The van der Waals surface area contributed by atoms with Gasteiger partial charge in [0.25, 0.3) is 0 Å². The molecule has 9 N–H and O–H groups in total. The first-order chi connectivity index (χ1) is 15.2. The van der Waals surface area contributed by atoms with Crippen LogP contribution in [0.1, 0.15) is 71.6 Å². The van der Waals surface area contributed by atoms with Crippen molar-refractivity contribution in [2.24, 2.45) is 11.5 Å². The van der Waals surface area contributed by atoms with Gasteiger partial charge in [-0.05, 0) is 45.7 Å². The van der Waals surface area contributed by atoms with E-state index in [1.807, 2.05) is 0 Å². The zero-order valence-electron chi connectivity index (χ0n) is 19.3. The van der Waals surface area contributed by atoms with Gasteiger partial charge in [0.1, 0.15) is 18.1 Å². The summed E-state index contributed by atoms with van der Waals surface area (Å²) in [6, 6.07) is -3.56. The molecule has 0 bridgehead atoms. The molecule has 3 amide bonds. The third-order valence-corrected chi connectivity index (χ3v) is 4.99. The van der Waals surface area contributed by atoms with E-state index in [1.165, 1.54) is 6.92 Å². The number of carboxylic acids is 1. The fourth-order valence-corrected chi connectivity index (χ4v) is 3.09. The zero-order valence-corrected chi connectivity index (χ0v) is 19.3. The highest BCUT2D eigenvalue weighted by Crippen LogP contribution is 2.06. The molecule has 4 atom stereocenters. The highest BCUT2D eigenvalue weighted by molar-refractivity contribution is 5.93. The normalized spacial score (nSPS) is 14.7. The number of amides is 3. The Labute approximate surface area is 190 Å². The average molecular weight is 460 g/mol. The van der Waals surface area contributed by atoms with E-state index in [1.54, 1.807) is 0 Å². The van der Waals surface area contributed by atoms with Crippen LogP contribution in [0.4, 0.5) is 0 Å². The minimum absolute atomic E-state index is 0.113. The van der Waals surface area contributed by atoms with Gasteiger partial charge in [-0.15, -0.1) is 0 Å². The number of nitrogens with one attached hydrogen (secondary N) is 3. The molecule has 0 aliphatic heterocycles. The molecule has 0 unspecified atom stereocenters. The SMILES string of the molecule is CCCCCCCC(=O)N[C@@H](CCN)C(=O)N[C@H](C(=O)N[C@H](CCCN)C(=O)O)[C@@H](C)O. The second-order valence-corrected chi connectivity index (χ2v) is 7.92. The molecule has 0 heterocycles. The van der Waals surface area contributed by atoms with Crippen molar-refractivity contribution in [3.63, 3.8) is 0 Å². The summed E-state index contributed by atoms with van der Waals surface area (Å²) in [4.78, 5) is 48.8. The highest BCUT2D eigenvalue weighted by atomic mass is 16.4. The number of carbonyl (C=O) groups excluding carboxylic acids is 3. The first kappa shape index (κ1) is 29.8. The third-order valence-electron chi connectivity index (χ3n) is 4.99. The number of aliphatic carboxylic acids is 1. The molecule has 0 spiro atoms. The van der Waals surface area contributed by atoms with Crippen LogP contribution in [0.3, 0.4) is 0 Å². The Balaban J connectivity index is 4.98. The van der Waals surface area contributed by atoms with E-state index in [-0.39, 0.29) is 38.3 Å². The lowest BCUT2D eigenvalue weighted by atomic mass is 10.1. The lowest BCUT2D eigenvalue weighted by Crippen LogP contribution is -2.59. The summed E-state index contributed by atoms with van der Waals surface area (Å²) < 4.78 is 0. The average Bonchev–Trinajstić information content (AvgIpc) is 2.73. The lowest BCUT2D eigenvalue weighted by Gasteiger charge is -2.26. The largest absolute Gasteiger partial charge is 0.480 e. The van der Waals surface area contributed by atoms with Crippen molar-refractivity contribution >= 4 is 23.7 Å². The first-order valence-corrected chi connectivity index (χ1v) is 11.4.